The zero-order valence-corrected chi connectivity index (χ0v) is 29.8. The lowest BCUT2D eigenvalue weighted by atomic mass is 9.52. The number of aromatic nitrogens is 2. The first-order valence-corrected chi connectivity index (χ1v) is 18.9. The lowest BCUT2D eigenvalue weighted by molar-refractivity contribution is 0.584. The average Bonchev–Trinajstić information content (AvgIpc) is 3.96. The summed E-state index contributed by atoms with van der Waals surface area (Å²) in [5, 5.41) is 8.70. The van der Waals surface area contributed by atoms with Crippen molar-refractivity contribution in [2.75, 3.05) is 0 Å². The van der Waals surface area contributed by atoms with Crippen molar-refractivity contribution >= 4 is 0 Å². The van der Waals surface area contributed by atoms with Gasteiger partial charge in [-0.25, -0.2) is 0 Å². The summed E-state index contributed by atoms with van der Waals surface area (Å²) >= 11 is 0. The van der Waals surface area contributed by atoms with Gasteiger partial charge in [-0.05, 0) is 108 Å². The minimum atomic E-state index is -0.526. The van der Waals surface area contributed by atoms with Crippen LogP contribution in [0.4, 0.5) is 0 Å². The first kappa shape index (κ1) is 30.4. The molecule has 3 heteroatoms. The molecule has 0 fully saturated rings. The Hall–Kier alpha value is -7.10. The molecule has 256 valence electrons. The number of rotatable bonds is 4. The van der Waals surface area contributed by atoms with E-state index in [-0.39, 0.29) is 0 Å². The SMILES string of the molecule is c1ccc(-c2nnc(-c3ccc(-c4ccc5c(c4)C4(c6ccccc6-5)c5ccccc5C5(c6ccccc6)c6ccccc6-c6cccc4c65)cc3)o2)cc1. The molecule has 9 aromatic rings. The number of hydrogen-bond acceptors (Lipinski definition) is 3. The summed E-state index contributed by atoms with van der Waals surface area (Å²) in [6, 6.07) is 71.1. The standard InChI is InChI=1S/C52H32N2O/c1-3-14-34(15-4-1)49-53-54-50(55-49)35-28-26-33(27-29-35)36-30-31-40-38-18-7-10-22-43(38)52(47(40)32-36)45-24-12-11-23-44(45)51(37-16-5-2-6-17-37)42-21-9-8-19-39(42)41-20-13-25-46(52)48(41)51/h1-32H. The largest absolute Gasteiger partial charge is 0.416 e. The van der Waals surface area contributed by atoms with E-state index >= 15 is 0 Å². The fraction of sp³-hybridized carbons (Fsp3) is 0.0385. The molecule has 1 spiro atoms. The van der Waals surface area contributed by atoms with Gasteiger partial charge in [0.1, 0.15) is 0 Å². The van der Waals surface area contributed by atoms with E-state index in [9.17, 15) is 0 Å². The van der Waals surface area contributed by atoms with Crippen molar-refractivity contribution in [2.45, 2.75) is 10.8 Å². The maximum Gasteiger partial charge on any atom is 0.248 e. The summed E-state index contributed by atoms with van der Waals surface area (Å²) in [6.45, 7) is 0. The van der Waals surface area contributed by atoms with Gasteiger partial charge in [-0.15, -0.1) is 10.2 Å². The van der Waals surface area contributed by atoms with Crippen LogP contribution in [0.2, 0.25) is 0 Å². The second-order valence-electron chi connectivity index (χ2n) is 14.8. The molecular weight excluding hydrogens is 669 g/mol. The number of hydrogen-bond donors (Lipinski definition) is 0. The van der Waals surface area contributed by atoms with Gasteiger partial charge in [-0.2, -0.15) is 0 Å². The Morgan fingerprint density at radius 2 is 0.782 bits per heavy atom. The first-order chi connectivity index (χ1) is 27.3. The van der Waals surface area contributed by atoms with Crippen LogP contribution in [0.25, 0.3) is 56.3 Å². The van der Waals surface area contributed by atoms with Crippen LogP contribution in [0.5, 0.6) is 0 Å². The van der Waals surface area contributed by atoms with E-state index in [1.54, 1.807) is 0 Å². The van der Waals surface area contributed by atoms with E-state index in [0.717, 1.165) is 16.7 Å². The summed E-state index contributed by atoms with van der Waals surface area (Å²) in [5.41, 5.74) is 19.1. The van der Waals surface area contributed by atoms with Gasteiger partial charge in [0.2, 0.25) is 11.8 Å². The Labute approximate surface area is 319 Å². The second-order valence-corrected chi connectivity index (χ2v) is 14.8. The molecular formula is C52H32N2O. The van der Waals surface area contributed by atoms with Gasteiger partial charge in [-0.3, -0.25) is 0 Å². The molecule has 3 aliphatic carbocycles. The number of fused-ring (bicyclic) bond motifs is 12. The highest BCUT2D eigenvalue weighted by atomic mass is 16.4. The van der Waals surface area contributed by atoms with Crippen LogP contribution < -0.4 is 0 Å². The molecule has 0 N–H and O–H groups in total. The molecule has 0 radical (unpaired) electrons. The smallest absolute Gasteiger partial charge is 0.248 e. The maximum absolute atomic E-state index is 6.10. The molecule has 55 heavy (non-hydrogen) atoms. The van der Waals surface area contributed by atoms with E-state index in [2.05, 4.69) is 174 Å². The molecule has 8 aromatic carbocycles. The monoisotopic (exact) mass is 700 g/mol. The van der Waals surface area contributed by atoms with Gasteiger partial charge in [0.15, 0.2) is 0 Å². The highest BCUT2D eigenvalue weighted by Gasteiger charge is 2.59. The molecule has 3 aliphatic rings. The molecule has 12 rings (SSSR count). The van der Waals surface area contributed by atoms with E-state index < -0.39 is 10.8 Å². The third kappa shape index (κ3) is 3.89. The van der Waals surface area contributed by atoms with Gasteiger partial charge in [0, 0.05) is 11.1 Å². The summed E-state index contributed by atoms with van der Waals surface area (Å²) < 4.78 is 6.10. The molecule has 0 amide bonds. The number of nitrogens with zero attached hydrogens (tertiary/aromatic N) is 2. The van der Waals surface area contributed by atoms with Crippen molar-refractivity contribution in [1.29, 1.82) is 0 Å². The predicted molar refractivity (Wildman–Crippen MR) is 219 cm³/mol. The van der Waals surface area contributed by atoms with Crippen molar-refractivity contribution in [1.82, 2.24) is 10.2 Å². The zero-order chi connectivity index (χ0) is 36.1. The molecule has 2 unspecified atom stereocenters. The van der Waals surface area contributed by atoms with Crippen molar-refractivity contribution in [3.8, 4) is 56.3 Å². The van der Waals surface area contributed by atoms with E-state index in [1.165, 1.54) is 72.3 Å². The quantitative estimate of drug-likeness (QED) is 0.183. The van der Waals surface area contributed by atoms with E-state index in [1.807, 2.05) is 30.3 Å². The fourth-order valence-electron chi connectivity index (χ4n) is 10.3. The molecule has 0 bridgehead atoms. The second kappa shape index (κ2) is 11.2. The van der Waals surface area contributed by atoms with Gasteiger partial charge in [0.25, 0.3) is 0 Å². The van der Waals surface area contributed by atoms with Crippen LogP contribution in [0.3, 0.4) is 0 Å². The molecule has 3 nitrogen and oxygen atoms in total. The van der Waals surface area contributed by atoms with Crippen LogP contribution in [0.15, 0.2) is 199 Å². The maximum atomic E-state index is 6.10. The normalized spacial score (nSPS) is 18.0. The van der Waals surface area contributed by atoms with Crippen molar-refractivity contribution in [3.05, 3.63) is 239 Å². The molecule has 2 atom stereocenters. The van der Waals surface area contributed by atoms with Crippen molar-refractivity contribution in [3.63, 3.8) is 0 Å². The molecule has 1 aromatic heterocycles. The highest BCUT2D eigenvalue weighted by molar-refractivity contribution is 5.96. The van der Waals surface area contributed by atoms with Crippen LogP contribution in [0.1, 0.15) is 44.5 Å². The Morgan fingerprint density at radius 3 is 1.49 bits per heavy atom. The van der Waals surface area contributed by atoms with E-state index in [0.29, 0.717) is 11.8 Å². The Morgan fingerprint density at radius 1 is 0.309 bits per heavy atom. The average molecular weight is 701 g/mol. The minimum Gasteiger partial charge on any atom is -0.416 e. The van der Waals surface area contributed by atoms with Gasteiger partial charge < -0.3 is 4.42 Å². The Bertz CT molecular complexity index is 2980. The zero-order valence-electron chi connectivity index (χ0n) is 29.8. The van der Waals surface area contributed by atoms with Crippen LogP contribution in [-0.2, 0) is 10.8 Å². The minimum absolute atomic E-state index is 0.452. The molecule has 0 saturated carbocycles. The third-order valence-corrected chi connectivity index (χ3v) is 12.4. The van der Waals surface area contributed by atoms with Crippen molar-refractivity contribution in [2.24, 2.45) is 0 Å². The summed E-state index contributed by atoms with van der Waals surface area (Å²) in [5.74, 6) is 1.02. The third-order valence-electron chi connectivity index (χ3n) is 12.4. The van der Waals surface area contributed by atoms with Gasteiger partial charge in [0.05, 0.1) is 10.8 Å². The predicted octanol–water partition coefficient (Wildman–Crippen LogP) is 12.1. The topological polar surface area (TPSA) is 38.9 Å². The van der Waals surface area contributed by atoms with Crippen molar-refractivity contribution < 1.29 is 4.42 Å². The van der Waals surface area contributed by atoms with Gasteiger partial charge in [-0.1, -0.05) is 164 Å². The molecule has 0 aliphatic heterocycles. The summed E-state index contributed by atoms with van der Waals surface area (Å²) in [4.78, 5) is 0. The molecule has 0 saturated heterocycles. The lowest BCUT2D eigenvalue weighted by Crippen LogP contribution is -2.43. The Kier molecular flexibility index (Phi) is 6.19. The Balaban J connectivity index is 1.09. The summed E-state index contributed by atoms with van der Waals surface area (Å²) in [7, 11) is 0. The van der Waals surface area contributed by atoms with Crippen LogP contribution >= 0.6 is 0 Å². The van der Waals surface area contributed by atoms with E-state index in [4.69, 9.17) is 4.42 Å². The summed E-state index contributed by atoms with van der Waals surface area (Å²) in [6.07, 6.45) is 0. The van der Waals surface area contributed by atoms with Crippen LogP contribution in [-0.4, -0.2) is 10.2 Å². The first-order valence-electron chi connectivity index (χ1n) is 18.9. The van der Waals surface area contributed by atoms with Crippen LogP contribution in [0, 0.1) is 0 Å². The van der Waals surface area contributed by atoms with Gasteiger partial charge >= 0.3 is 0 Å². The molecule has 1 heterocycles. The fourth-order valence-corrected chi connectivity index (χ4v) is 10.3. The lowest BCUT2D eigenvalue weighted by Gasteiger charge is -2.48. The highest BCUT2D eigenvalue weighted by Crippen LogP contribution is 2.68. The number of benzene rings is 8.